The molecule has 2 heteroatoms. The fraction of sp³-hybridized carbons (Fsp3) is 0.562. The van der Waals surface area contributed by atoms with Crippen molar-refractivity contribution in [1.29, 1.82) is 0 Å². The Bertz CT molecular complexity index is 498. The maximum absolute atomic E-state index is 4.97. The molecule has 0 unspecified atom stereocenters. The van der Waals surface area contributed by atoms with Crippen LogP contribution >= 0.6 is 0 Å². The van der Waals surface area contributed by atoms with E-state index in [-0.39, 0.29) is 0 Å². The lowest BCUT2D eigenvalue weighted by molar-refractivity contribution is 0.378. The molecule has 1 aromatic carbocycles. The summed E-state index contributed by atoms with van der Waals surface area (Å²) in [5.74, 6) is 0.687. The zero-order chi connectivity index (χ0) is 12.0. The molecule has 0 bridgehead atoms. The van der Waals surface area contributed by atoms with Gasteiger partial charge in [0.15, 0.2) is 0 Å². The summed E-state index contributed by atoms with van der Waals surface area (Å²) >= 11 is 0. The van der Waals surface area contributed by atoms with Crippen LogP contribution in [0.1, 0.15) is 44.9 Å². The third-order valence-electron chi connectivity index (χ3n) is 5.04. The Balaban J connectivity index is 1.86. The Hall–Kier alpha value is -1.31. The molecule has 2 nitrogen and oxygen atoms in total. The maximum Gasteiger partial charge on any atom is 0.0860 e. The van der Waals surface area contributed by atoms with Gasteiger partial charge in [-0.2, -0.15) is 0 Å². The highest BCUT2D eigenvalue weighted by Crippen LogP contribution is 2.48. The molecule has 2 fully saturated rings. The van der Waals surface area contributed by atoms with Crippen molar-refractivity contribution in [2.24, 2.45) is 10.9 Å². The van der Waals surface area contributed by atoms with E-state index in [2.05, 4.69) is 29.6 Å². The first kappa shape index (κ1) is 10.6. The van der Waals surface area contributed by atoms with E-state index in [4.69, 9.17) is 4.99 Å². The Labute approximate surface area is 109 Å². The number of rotatable bonds is 0. The highest BCUT2D eigenvalue weighted by molar-refractivity contribution is 5.95. The summed E-state index contributed by atoms with van der Waals surface area (Å²) in [6.07, 6.45) is 9.27. The van der Waals surface area contributed by atoms with Crippen molar-refractivity contribution in [1.82, 2.24) is 0 Å². The van der Waals surface area contributed by atoms with Crippen LogP contribution in [0.2, 0.25) is 0 Å². The molecule has 4 rings (SSSR count). The molecule has 2 saturated carbocycles. The molecule has 1 spiro atoms. The molecule has 1 N–H and O–H groups in total. The van der Waals surface area contributed by atoms with Gasteiger partial charge in [0.25, 0.3) is 0 Å². The highest BCUT2D eigenvalue weighted by Gasteiger charge is 2.46. The average Bonchev–Trinajstić information content (AvgIpc) is 2.99. The van der Waals surface area contributed by atoms with Gasteiger partial charge in [-0.15, -0.1) is 0 Å². The van der Waals surface area contributed by atoms with E-state index in [1.165, 1.54) is 56.3 Å². The second kappa shape index (κ2) is 3.84. The summed E-state index contributed by atoms with van der Waals surface area (Å²) in [6, 6.07) is 8.57. The third kappa shape index (κ3) is 1.44. The number of hydrogen-bond acceptors (Lipinski definition) is 2. The molecule has 0 aromatic heterocycles. The van der Waals surface area contributed by atoms with E-state index in [0.717, 1.165) is 5.69 Å². The van der Waals surface area contributed by atoms with Crippen molar-refractivity contribution in [3.8, 4) is 0 Å². The summed E-state index contributed by atoms with van der Waals surface area (Å²) in [4.78, 5) is 4.97. The minimum Gasteiger partial charge on any atom is -0.377 e. The standard InChI is InChI=1S/C16H20N2/c1-2-8-15-14(7-1)17-13-9-5-6-12(13)16(18-15)10-3-4-11-16/h1-2,7-8,12,18H,3-6,9-11H2/t12-/m0/s1. The summed E-state index contributed by atoms with van der Waals surface area (Å²) in [7, 11) is 0. The Kier molecular flexibility index (Phi) is 2.26. The molecule has 2 aliphatic carbocycles. The molecule has 0 saturated heterocycles. The fourth-order valence-electron chi connectivity index (χ4n) is 4.22. The first-order valence-electron chi connectivity index (χ1n) is 7.32. The minimum atomic E-state index is 0.321. The van der Waals surface area contributed by atoms with Crippen LogP contribution in [-0.4, -0.2) is 11.3 Å². The summed E-state index contributed by atoms with van der Waals surface area (Å²) in [5, 5.41) is 3.89. The summed E-state index contributed by atoms with van der Waals surface area (Å²) in [5.41, 5.74) is 4.20. The second-order valence-corrected chi connectivity index (χ2v) is 6.05. The van der Waals surface area contributed by atoms with Gasteiger partial charge >= 0.3 is 0 Å². The van der Waals surface area contributed by atoms with E-state index < -0.39 is 0 Å². The Morgan fingerprint density at radius 3 is 2.83 bits per heavy atom. The van der Waals surface area contributed by atoms with Crippen molar-refractivity contribution in [3.05, 3.63) is 24.3 Å². The number of para-hydroxylation sites is 2. The lowest BCUT2D eigenvalue weighted by Gasteiger charge is -2.36. The average molecular weight is 240 g/mol. The van der Waals surface area contributed by atoms with Gasteiger partial charge < -0.3 is 5.32 Å². The second-order valence-electron chi connectivity index (χ2n) is 6.05. The van der Waals surface area contributed by atoms with Gasteiger partial charge in [-0.3, -0.25) is 4.99 Å². The number of aliphatic imine (C=N–C) groups is 1. The molecule has 1 atom stereocenters. The van der Waals surface area contributed by atoms with Crippen LogP contribution in [-0.2, 0) is 0 Å². The summed E-state index contributed by atoms with van der Waals surface area (Å²) in [6.45, 7) is 0. The molecular formula is C16H20N2. The molecule has 1 heterocycles. The predicted molar refractivity (Wildman–Crippen MR) is 75.7 cm³/mol. The predicted octanol–water partition coefficient (Wildman–Crippen LogP) is 4.30. The molecule has 1 aliphatic heterocycles. The first-order chi connectivity index (χ1) is 8.87. The Morgan fingerprint density at radius 2 is 1.94 bits per heavy atom. The van der Waals surface area contributed by atoms with Gasteiger partial charge in [-0.1, -0.05) is 25.0 Å². The molecular weight excluding hydrogens is 220 g/mol. The topological polar surface area (TPSA) is 24.4 Å². The largest absolute Gasteiger partial charge is 0.377 e. The monoisotopic (exact) mass is 240 g/mol. The number of nitrogens with one attached hydrogen (secondary N) is 1. The smallest absolute Gasteiger partial charge is 0.0860 e. The number of fused-ring (bicyclic) bond motifs is 3. The van der Waals surface area contributed by atoms with Crippen molar-refractivity contribution in [3.63, 3.8) is 0 Å². The molecule has 0 amide bonds. The van der Waals surface area contributed by atoms with Crippen molar-refractivity contribution < 1.29 is 0 Å². The quantitative estimate of drug-likeness (QED) is 0.718. The van der Waals surface area contributed by atoms with E-state index in [9.17, 15) is 0 Å². The van der Waals surface area contributed by atoms with Gasteiger partial charge in [0, 0.05) is 17.2 Å². The molecule has 18 heavy (non-hydrogen) atoms. The van der Waals surface area contributed by atoms with Crippen molar-refractivity contribution >= 4 is 17.1 Å². The number of anilines is 1. The van der Waals surface area contributed by atoms with Gasteiger partial charge in [0.2, 0.25) is 0 Å². The van der Waals surface area contributed by atoms with Crippen LogP contribution in [0, 0.1) is 5.92 Å². The highest BCUT2D eigenvalue weighted by atomic mass is 15.0. The molecule has 94 valence electrons. The molecule has 3 aliphatic rings. The summed E-state index contributed by atoms with van der Waals surface area (Å²) < 4.78 is 0. The lowest BCUT2D eigenvalue weighted by atomic mass is 9.80. The first-order valence-corrected chi connectivity index (χ1v) is 7.32. The molecule has 1 aromatic rings. The van der Waals surface area contributed by atoms with Crippen LogP contribution in [0.3, 0.4) is 0 Å². The van der Waals surface area contributed by atoms with Gasteiger partial charge in [0.1, 0.15) is 0 Å². The van der Waals surface area contributed by atoms with Crippen LogP contribution in [0.4, 0.5) is 11.4 Å². The van der Waals surface area contributed by atoms with Crippen LogP contribution < -0.4 is 5.32 Å². The van der Waals surface area contributed by atoms with Crippen LogP contribution in [0.15, 0.2) is 29.3 Å². The lowest BCUT2D eigenvalue weighted by Crippen LogP contribution is -2.44. The zero-order valence-electron chi connectivity index (χ0n) is 10.8. The van der Waals surface area contributed by atoms with Gasteiger partial charge in [-0.05, 0) is 44.2 Å². The van der Waals surface area contributed by atoms with E-state index >= 15 is 0 Å². The van der Waals surface area contributed by atoms with Crippen molar-refractivity contribution in [2.45, 2.75) is 50.5 Å². The zero-order valence-corrected chi connectivity index (χ0v) is 10.8. The van der Waals surface area contributed by atoms with E-state index in [0.29, 0.717) is 11.5 Å². The maximum atomic E-state index is 4.97. The number of nitrogens with zero attached hydrogens (tertiary/aromatic N) is 1. The van der Waals surface area contributed by atoms with Gasteiger partial charge in [0.05, 0.1) is 11.4 Å². The number of benzene rings is 1. The third-order valence-corrected chi connectivity index (χ3v) is 5.04. The Morgan fingerprint density at radius 1 is 1.11 bits per heavy atom. The normalized spacial score (nSPS) is 28.2. The van der Waals surface area contributed by atoms with Crippen LogP contribution in [0.25, 0.3) is 0 Å². The number of hydrogen-bond donors (Lipinski definition) is 1. The van der Waals surface area contributed by atoms with Crippen LogP contribution in [0.5, 0.6) is 0 Å². The van der Waals surface area contributed by atoms with E-state index in [1.54, 1.807) is 0 Å². The fourth-order valence-corrected chi connectivity index (χ4v) is 4.22. The minimum absolute atomic E-state index is 0.321. The van der Waals surface area contributed by atoms with Gasteiger partial charge in [-0.25, -0.2) is 0 Å². The van der Waals surface area contributed by atoms with E-state index in [1.807, 2.05) is 0 Å². The SMILES string of the molecule is c1ccc2c(c1)N=C1CCC[C@@H]1C1(CCCC1)N2. The van der Waals surface area contributed by atoms with Crippen molar-refractivity contribution in [2.75, 3.05) is 5.32 Å². The molecule has 0 radical (unpaired) electrons.